The lowest BCUT2D eigenvalue weighted by atomic mass is 10.1. The molecule has 0 amide bonds. The van der Waals surface area contributed by atoms with E-state index in [1.807, 2.05) is 12.3 Å². The number of fused-ring (bicyclic) bond motifs is 1. The molecule has 0 saturated carbocycles. The first-order valence-corrected chi connectivity index (χ1v) is 4.03. The minimum absolute atomic E-state index is 0.895. The van der Waals surface area contributed by atoms with Gasteiger partial charge in [0.15, 0.2) is 0 Å². The second-order valence-electron chi connectivity index (χ2n) is 3.17. The molecule has 1 aromatic heterocycles. The zero-order chi connectivity index (χ0) is 8.72. The largest absolute Gasteiger partial charge is 0.398 e. The van der Waals surface area contributed by atoms with Gasteiger partial charge in [0.2, 0.25) is 0 Å². The minimum atomic E-state index is 0.895. The third kappa shape index (κ3) is 0.811. The summed E-state index contributed by atoms with van der Waals surface area (Å²) in [7, 11) is 0. The van der Waals surface area contributed by atoms with E-state index in [1.165, 1.54) is 11.1 Å². The average molecular weight is 160 g/mol. The van der Waals surface area contributed by atoms with Gasteiger partial charge in [-0.05, 0) is 37.1 Å². The van der Waals surface area contributed by atoms with Crippen molar-refractivity contribution in [3.63, 3.8) is 0 Å². The number of rotatable bonds is 0. The molecule has 3 N–H and O–H groups in total. The Morgan fingerprint density at radius 2 is 2.08 bits per heavy atom. The summed E-state index contributed by atoms with van der Waals surface area (Å²) in [5.74, 6) is 0. The standard InChI is InChI=1S/C10H12N2/c1-6-5-9-8(3-4-12-9)10(11)7(6)2/h3-5,12H,11H2,1-2H3. The molecular formula is C10H12N2. The zero-order valence-electron chi connectivity index (χ0n) is 7.31. The number of H-pyrrole nitrogens is 1. The van der Waals surface area contributed by atoms with E-state index < -0.39 is 0 Å². The molecule has 0 radical (unpaired) electrons. The SMILES string of the molecule is Cc1cc2[nH]ccc2c(N)c1C. The number of aromatic amines is 1. The first-order valence-electron chi connectivity index (χ1n) is 4.03. The van der Waals surface area contributed by atoms with E-state index in [1.54, 1.807) is 0 Å². The van der Waals surface area contributed by atoms with Crippen molar-refractivity contribution < 1.29 is 0 Å². The Balaban J connectivity index is 2.94. The fraction of sp³-hybridized carbons (Fsp3) is 0.200. The molecule has 62 valence electrons. The lowest BCUT2D eigenvalue weighted by Gasteiger charge is -2.05. The fourth-order valence-corrected chi connectivity index (χ4v) is 1.48. The predicted octanol–water partition coefficient (Wildman–Crippen LogP) is 2.37. The van der Waals surface area contributed by atoms with Crippen LogP contribution in [0.2, 0.25) is 0 Å². The molecule has 2 heteroatoms. The monoisotopic (exact) mass is 160 g/mol. The Morgan fingerprint density at radius 3 is 2.83 bits per heavy atom. The highest BCUT2D eigenvalue weighted by Crippen LogP contribution is 2.26. The second-order valence-corrected chi connectivity index (χ2v) is 3.17. The van der Waals surface area contributed by atoms with Gasteiger partial charge >= 0.3 is 0 Å². The summed E-state index contributed by atoms with van der Waals surface area (Å²) in [5.41, 5.74) is 10.4. The van der Waals surface area contributed by atoms with Crippen LogP contribution in [0.25, 0.3) is 10.9 Å². The number of nitrogens with one attached hydrogen (secondary N) is 1. The van der Waals surface area contributed by atoms with Crippen LogP contribution in [0.15, 0.2) is 18.3 Å². The minimum Gasteiger partial charge on any atom is -0.398 e. The first-order chi connectivity index (χ1) is 5.70. The van der Waals surface area contributed by atoms with Crippen molar-refractivity contribution in [2.24, 2.45) is 0 Å². The van der Waals surface area contributed by atoms with E-state index in [-0.39, 0.29) is 0 Å². The van der Waals surface area contributed by atoms with Crippen molar-refractivity contribution in [3.8, 4) is 0 Å². The van der Waals surface area contributed by atoms with Crippen LogP contribution in [0.1, 0.15) is 11.1 Å². The second kappa shape index (κ2) is 2.27. The van der Waals surface area contributed by atoms with Gasteiger partial charge in [-0.3, -0.25) is 0 Å². The van der Waals surface area contributed by atoms with Crippen molar-refractivity contribution in [1.29, 1.82) is 0 Å². The Labute approximate surface area is 71.4 Å². The molecule has 0 aliphatic carbocycles. The third-order valence-electron chi connectivity index (χ3n) is 2.43. The van der Waals surface area contributed by atoms with Gasteiger partial charge in [0, 0.05) is 22.8 Å². The highest BCUT2D eigenvalue weighted by molar-refractivity contribution is 5.93. The summed E-state index contributed by atoms with van der Waals surface area (Å²) in [4.78, 5) is 3.15. The van der Waals surface area contributed by atoms with Crippen LogP contribution in [0.4, 0.5) is 5.69 Å². The Kier molecular flexibility index (Phi) is 1.37. The number of nitrogens with two attached hydrogens (primary N) is 1. The molecule has 0 aliphatic heterocycles. The van der Waals surface area contributed by atoms with E-state index in [0.29, 0.717) is 0 Å². The van der Waals surface area contributed by atoms with Crippen LogP contribution < -0.4 is 5.73 Å². The normalized spacial score (nSPS) is 10.8. The van der Waals surface area contributed by atoms with Gasteiger partial charge < -0.3 is 10.7 Å². The van der Waals surface area contributed by atoms with Crippen molar-refractivity contribution in [3.05, 3.63) is 29.5 Å². The van der Waals surface area contributed by atoms with Gasteiger partial charge in [0.1, 0.15) is 0 Å². The molecule has 0 aliphatic rings. The van der Waals surface area contributed by atoms with Gasteiger partial charge in [-0.2, -0.15) is 0 Å². The Hall–Kier alpha value is -1.44. The van der Waals surface area contributed by atoms with Gasteiger partial charge in [-0.1, -0.05) is 0 Å². The summed E-state index contributed by atoms with van der Waals surface area (Å²) >= 11 is 0. The number of benzene rings is 1. The lowest BCUT2D eigenvalue weighted by Crippen LogP contribution is -1.92. The van der Waals surface area contributed by atoms with Crippen LogP contribution in [0, 0.1) is 13.8 Å². The van der Waals surface area contributed by atoms with Gasteiger partial charge in [-0.15, -0.1) is 0 Å². The molecule has 0 unspecified atom stereocenters. The Bertz CT molecular complexity index is 427. The zero-order valence-corrected chi connectivity index (χ0v) is 7.31. The summed E-state index contributed by atoms with van der Waals surface area (Å²) in [6.45, 7) is 4.13. The van der Waals surface area contributed by atoms with E-state index in [0.717, 1.165) is 16.6 Å². The van der Waals surface area contributed by atoms with Gasteiger partial charge in [0.25, 0.3) is 0 Å². The fourth-order valence-electron chi connectivity index (χ4n) is 1.48. The average Bonchev–Trinajstić information content (AvgIpc) is 2.48. The van der Waals surface area contributed by atoms with Crippen molar-refractivity contribution in [1.82, 2.24) is 4.98 Å². The number of nitrogen functional groups attached to an aromatic ring is 1. The van der Waals surface area contributed by atoms with Crippen LogP contribution >= 0.6 is 0 Å². The third-order valence-corrected chi connectivity index (χ3v) is 2.43. The number of aryl methyl sites for hydroxylation is 1. The molecule has 2 aromatic rings. The van der Waals surface area contributed by atoms with E-state index in [9.17, 15) is 0 Å². The highest BCUT2D eigenvalue weighted by atomic mass is 14.7. The molecule has 1 heterocycles. The van der Waals surface area contributed by atoms with E-state index in [4.69, 9.17) is 5.73 Å². The number of hydrogen-bond donors (Lipinski definition) is 2. The van der Waals surface area contributed by atoms with E-state index >= 15 is 0 Å². The van der Waals surface area contributed by atoms with Crippen molar-refractivity contribution >= 4 is 16.6 Å². The molecule has 0 bridgehead atoms. The van der Waals surface area contributed by atoms with Crippen molar-refractivity contribution in [2.45, 2.75) is 13.8 Å². The highest BCUT2D eigenvalue weighted by Gasteiger charge is 2.04. The van der Waals surface area contributed by atoms with Gasteiger partial charge in [-0.25, -0.2) is 0 Å². The number of aromatic nitrogens is 1. The maximum Gasteiger partial charge on any atom is 0.0477 e. The quantitative estimate of drug-likeness (QED) is 0.571. The molecule has 12 heavy (non-hydrogen) atoms. The number of anilines is 1. The molecule has 2 rings (SSSR count). The van der Waals surface area contributed by atoms with Crippen molar-refractivity contribution in [2.75, 3.05) is 5.73 Å². The maximum absolute atomic E-state index is 5.94. The molecule has 0 saturated heterocycles. The summed E-state index contributed by atoms with van der Waals surface area (Å²) < 4.78 is 0. The summed E-state index contributed by atoms with van der Waals surface area (Å²) in [6, 6.07) is 4.14. The molecule has 2 nitrogen and oxygen atoms in total. The summed E-state index contributed by atoms with van der Waals surface area (Å²) in [5, 5.41) is 1.12. The molecule has 0 spiro atoms. The number of hydrogen-bond acceptors (Lipinski definition) is 1. The molecular weight excluding hydrogens is 148 g/mol. The Morgan fingerprint density at radius 1 is 1.33 bits per heavy atom. The van der Waals surface area contributed by atoms with Gasteiger partial charge in [0.05, 0.1) is 0 Å². The smallest absolute Gasteiger partial charge is 0.0477 e. The van der Waals surface area contributed by atoms with Crippen LogP contribution in [-0.2, 0) is 0 Å². The van der Waals surface area contributed by atoms with Crippen LogP contribution in [-0.4, -0.2) is 4.98 Å². The molecule has 0 fully saturated rings. The maximum atomic E-state index is 5.94. The van der Waals surface area contributed by atoms with Crippen LogP contribution in [0.3, 0.4) is 0 Å². The molecule has 0 atom stereocenters. The molecule has 1 aromatic carbocycles. The predicted molar refractivity (Wildman–Crippen MR) is 52.2 cm³/mol. The summed E-state index contributed by atoms with van der Waals surface area (Å²) in [6.07, 6.45) is 1.92. The lowest BCUT2D eigenvalue weighted by molar-refractivity contribution is 1.36. The first kappa shape index (κ1) is 7.22. The van der Waals surface area contributed by atoms with E-state index in [2.05, 4.69) is 24.9 Å². The van der Waals surface area contributed by atoms with Crippen LogP contribution in [0.5, 0.6) is 0 Å². The topological polar surface area (TPSA) is 41.8 Å².